The second kappa shape index (κ2) is 8.87. The van der Waals surface area contributed by atoms with E-state index in [-0.39, 0.29) is 0 Å². The van der Waals surface area contributed by atoms with Gasteiger partial charge in [-0.1, -0.05) is 36.4 Å². The average Bonchev–Trinajstić information content (AvgIpc) is 3.17. The van der Waals surface area contributed by atoms with Gasteiger partial charge in [0.15, 0.2) is 0 Å². The fraction of sp³-hybridized carbons (Fsp3) is 0.478. The molecule has 0 saturated carbocycles. The van der Waals surface area contributed by atoms with Crippen molar-refractivity contribution in [3.05, 3.63) is 65.2 Å². The van der Waals surface area contributed by atoms with Gasteiger partial charge in [0.1, 0.15) is 57.7 Å². The van der Waals surface area contributed by atoms with E-state index in [0.29, 0.717) is 6.61 Å². The molecule has 0 spiro atoms. The standard InChI is InChI=1S/C23H30N2O2/c26-22(18-27-23-10-9-20-7-4-8-21(20)15-23)17-25-13-11-24(12-14-25)16-19-5-2-1-3-6-19/h1-3,5-6,9-10,15,22,26H,4,7-8,11-14,16-18H2/p+2/t22-/m0/s1. The average molecular weight is 369 g/mol. The molecular formula is C23H32N2O2+2. The molecule has 4 heteroatoms. The number of aryl methyl sites for hydroxylation is 2. The molecule has 1 atom stereocenters. The molecule has 0 radical (unpaired) electrons. The Bertz CT molecular complexity index is 726. The first-order chi connectivity index (χ1) is 13.3. The van der Waals surface area contributed by atoms with Crippen molar-refractivity contribution in [2.45, 2.75) is 31.9 Å². The number of quaternary nitrogens is 2. The zero-order valence-electron chi connectivity index (χ0n) is 16.1. The van der Waals surface area contributed by atoms with Gasteiger partial charge in [-0.15, -0.1) is 0 Å². The summed E-state index contributed by atoms with van der Waals surface area (Å²) in [6.07, 6.45) is 3.21. The lowest BCUT2D eigenvalue weighted by molar-refractivity contribution is -1.02. The molecule has 2 aromatic carbocycles. The molecule has 2 aliphatic rings. The summed E-state index contributed by atoms with van der Waals surface area (Å²) in [4.78, 5) is 3.14. The molecule has 1 aliphatic heterocycles. The van der Waals surface area contributed by atoms with E-state index < -0.39 is 6.10 Å². The van der Waals surface area contributed by atoms with Crippen molar-refractivity contribution in [2.75, 3.05) is 39.3 Å². The minimum atomic E-state index is -0.399. The highest BCUT2D eigenvalue weighted by Crippen LogP contribution is 2.25. The Balaban J connectivity index is 1.18. The van der Waals surface area contributed by atoms with Crippen LogP contribution in [0.25, 0.3) is 0 Å². The molecule has 1 heterocycles. The summed E-state index contributed by atoms with van der Waals surface area (Å²) < 4.78 is 5.87. The van der Waals surface area contributed by atoms with Crippen LogP contribution in [-0.2, 0) is 19.4 Å². The smallest absolute Gasteiger partial charge is 0.137 e. The highest BCUT2D eigenvalue weighted by molar-refractivity contribution is 5.38. The van der Waals surface area contributed by atoms with Gasteiger partial charge >= 0.3 is 0 Å². The van der Waals surface area contributed by atoms with E-state index in [1.807, 2.05) is 0 Å². The Morgan fingerprint density at radius 3 is 2.44 bits per heavy atom. The number of hydrogen-bond donors (Lipinski definition) is 3. The van der Waals surface area contributed by atoms with E-state index in [2.05, 4.69) is 48.5 Å². The first-order valence-corrected chi connectivity index (χ1v) is 10.4. The zero-order valence-corrected chi connectivity index (χ0v) is 16.1. The third-order valence-electron chi connectivity index (χ3n) is 6.00. The van der Waals surface area contributed by atoms with Crippen LogP contribution in [0.3, 0.4) is 0 Å². The number of aliphatic hydroxyl groups excluding tert-OH is 1. The third-order valence-corrected chi connectivity index (χ3v) is 6.00. The van der Waals surface area contributed by atoms with Gasteiger partial charge in [-0.25, -0.2) is 0 Å². The van der Waals surface area contributed by atoms with Crippen molar-refractivity contribution in [1.29, 1.82) is 0 Å². The van der Waals surface area contributed by atoms with E-state index in [1.165, 1.54) is 47.5 Å². The molecule has 3 N–H and O–H groups in total. The number of piperazine rings is 1. The normalized spacial score (nSPS) is 23.0. The van der Waals surface area contributed by atoms with Crippen molar-refractivity contribution in [2.24, 2.45) is 0 Å². The summed E-state index contributed by atoms with van der Waals surface area (Å²) in [5.41, 5.74) is 4.30. The maximum Gasteiger partial charge on any atom is 0.137 e. The maximum atomic E-state index is 10.4. The fourth-order valence-corrected chi connectivity index (χ4v) is 4.45. The van der Waals surface area contributed by atoms with Crippen molar-refractivity contribution < 1.29 is 19.6 Å². The molecule has 1 saturated heterocycles. The molecule has 0 amide bonds. The van der Waals surface area contributed by atoms with Crippen LogP contribution in [0.15, 0.2) is 48.5 Å². The summed E-state index contributed by atoms with van der Waals surface area (Å²) in [6.45, 7) is 6.87. The molecule has 1 fully saturated rings. The van der Waals surface area contributed by atoms with Crippen LogP contribution in [0, 0.1) is 0 Å². The van der Waals surface area contributed by atoms with Crippen LogP contribution < -0.4 is 14.5 Å². The van der Waals surface area contributed by atoms with Crippen LogP contribution in [0.5, 0.6) is 5.75 Å². The lowest BCUT2D eigenvalue weighted by Crippen LogP contribution is -3.28. The van der Waals surface area contributed by atoms with E-state index >= 15 is 0 Å². The van der Waals surface area contributed by atoms with Gasteiger partial charge in [0.2, 0.25) is 0 Å². The summed E-state index contributed by atoms with van der Waals surface area (Å²) in [6, 6.07) is 17.1. The van der Waals surface area contributed by atoms with E-state index in [4.69, 9.17) is 4.74 Å². The highest BCUT2D eigenvalue weighted by Gasteiger charge is 2.25. The largest absolute Gasteiger partial charge is 0.491 e. The van der Waals surface area contributed by atoms with Gasteiger partial charge in [0.05, 0.1) is 0 Å². The van der Waals surface area contributed by atoms with Gasteiger partial charge in [-0.2, -0.15) is 0 Å². The Morgan fingerprint density at radius 1 is 0.889 bits per heavy atom. The number of nitrogens with one attached hydrogen (secondary N) is 2. The number of aliphatic hydroxyl groups is 1. The Morgan fingerprint density at radius 2 is 1.63 bits per heavy atom. The second-order valence-electron chi connectivity index (χ2n) is 8.12. The van der Waals surface area contributed by atoms with E-state index in [0.717, 1.165) is 38.3 Å². The summed E-state index contributed by atoms with van der Waals surface area (Å²) >= 11 is 0. The van der Waals surface area contributed by atoms with Gasteiger partial charge in [0.25, 0.3) is 0 Å². The van der Waals surface area contributed by atoms with Crippen LogP contribution >= 0.6 is 0 Å². The summed E-state index contributed by atoms with van der Waals surface area (Å²) in [7, 11) is 0. The number of hydrogen-bond acceptors (Lipinski definition) is 2. The number of fused-ring (bicyclic) bond motifs is 1. The van der Waals surface area contributed by atoms with Crippen LogP contribution in [-0.4, -0.2) is 50.5 Å². The van der Waals surface area contributed by atoms with Gasteiger partial charge in [-0.3, -0.25) is 0 Å². The summed E-state index contributed by atoms with van der Waals surface area (Å²) in [5, 5.41) is 10.4. The van der Waals surface area contributed by atoms with Crippen molar-refractivity contribution in [1.82, 2.24) is 0 Å². The fourth-order valence-electron chi connectivity index (χ4n) is 4.45. The first kappa shape index (κ1) is 18.5. The lowest BCUT2D eigenvalue weighted by Gasteiger charge is -2.30. The summed E-state index contributed by atoms with van der Waals surface area (Å²) in [5.74, 6) is 0.904. The third kappa shape index (κ3) is 5.10. The molecular weight excluding hydrogens is 336 g/mol. The van der Waals surface area contributed by atoms with Crippen molar-refractivity contribution in [3.8, 4) is 5.75 Å². The number of ether oxygens (including phenoxy) is 1. The van der Waals surface area contributed by atoms with E-state index in [9.17, 15) is 5.11 Å². The van der Waals surface area contributed by atoms with Gasteiger partial charge < -0.3 is 19.6 Å². The molecule has 144 valence electrons. The maximum absolute atomic E-state index is 10.4. The Kier molecular flexibility index (Phi) is 6.07. The van der Waals surface area contributed by atoms with E-state index in [1.54, 1.807) is 4.90 Å². The molecule has 0 bridgehead atoms. The molecule has 1 aliphatic carbocycles. The Labute approximate surface area is 162 Å². The monoisotopic (exact) mass is 368 g/mol. The minimum absolute atomic E-state index is 0.392. The van der Waals surface area contributed by atoms with Crippen molar-refractivity contribution >= 4 is 0 Å². The minimum Gasteiger partial charge on any atom is -0.491 e. The SMILES string of the molecule is O[C@H](COc1ccc2c(c1)CCC2)C[NH+]1CC[NH+](Cc2ccccc2)CC1. The quantitative estimate of drug-likeness (QED) is 0.639. The number of benzene rings is 2. The zero-order chi connectivity index (χ0) is 18.5. The van der Waals surface area contributed by atoms with Gasteiger partial charge in [0, 0.05) is 5.56 Å². The molecule has 0 aromatic heterocycles. The topological polar surface area (TPSA) is 38.3 Å². The molecule has 27 heavy (non-hydrogen) atoms. The van der Waals surface area contributed by atoms with Crippen LogP contribution in [0.1, 0.15) is 23.1 Å². The van der Waals surface area contributed by atoms with Crippen LogP contribution in [0.4, 0.5) is 0 Å². The second-order valence-corrected chi connectivity index (χ2v) is 8.12. The molecule has 0 unspecified atom stereocenters. The molecule has 2 aromatic rings. The first-order valence-electron chi connectivity index (χ1n) is 10.4. The highest BCUT2D eigenvalue weighted by atomic mass is 16.5. The number of rotatable bonds is 7. The lowest BCUT2D eigenvalue weighted by atomic mass is 10.1. The van der Waals surface area contributed by atoms with Gasteiger partial charge in [-0.05, 0) is 42.5 Å². The molecule has 4 rings (SSSR count). The Hall–Kier alpha value is -1.88. The predicted molar refractivity (Wildman–Crippen MR) is 106 cm³/mol. The molecule has 4 nitrogen and oxygen atoms in total. The predicted octanol–water partition coefficient (Wildman–Crippen LogP) is -0.101. The van der Waals surface area contributed by atoms with Crippen LogP contribution in [0.2, 0.25) is 0 Å². The van der Waals surface area contributed by atoms with Crippen molar-refractivity contribution in [3.63, 3.8) is 0 Å².